The summed E-state index contributed by atoms with van der Waals surface area (Å²) in [5, 5.41) is 6.73. The molecule has 4 heterocycles. The molecule has 3 N–H and O–H groups in total. The maximum Gasteiger partial charge on any atom is 0.231 e. The van der Waals surface area contributed by atoms with Gasteiger partial charge in [-0.25, -0.2) is 15.5 Å². The quantitative estimate of drug-likeness (QED) is 0.279. The third-order valence-electron chi connectivity index (χ3n) is 6.14. The number of aliphatic imine (C=N–C) groups is 1. The SMILES string of the molecule is C=C(/N=C\C(=C/CC)Nc1nc(Nc2ccn3ccnc3c2)cc(N2CCNOCC2)n1)OC1CCC1. The van der Waals surface area contributed by atoms with Gasteiger partial charge in [0.25, 0.3) is 0 Å². The molecule has 0 aromatic carbocycles. The van der Waals surface area contributed by atoms with E-state index in [4.69, 9.17) is 19.5 Å². The van der Waals surface area contributed by atoms with Gasteiger partial charge < -0.3 is 24.7 Å². The maximum atomic E-state index is 5.77. The van der Waals surface area contributed by atoms with E-state index in [1.807, 2.05) is 41.1 Å². The number of fused-ring (bicyclic) bond motifs is 1. The fourth-order valence-corrected chi connectivity index (χ4v) is 4.01. The number of rotatable bonds is 10. The third-order valence-corrected chi connectivity index (χ3v) is 6.14. The second-order valence-electron chi connectivity index (χ2n) is 8.91. The van der Waals surface area contributed by atoms with Gasteiger partial charge in [-0.2, -0.15) is 9.97 Å². The first-order chi connectivity index (χ1) is 18.2. The molecule has 1 aliphatic carbocycles. The Bertz CT molecular complexity index is 1270. The lowest BCUT2D eigenvalue weighted by Crippen LogP contribution is -2.29. The predicted molar refractivity (Wildman–Crippen MR) is 145 cm³/mol. The van der Waals surface area contributed by atoms with Crippen LogP contribution in [0.4, 0.5) is 23.3 Å². The van der Waals surface area contributed by atoms with Crippen LogP contribution in [0, 0.1) is 0 Å². The first-order valence-electron chi connectivity index (χ1n) is 12.7. The Labute approximate surface area is 216 Å². The molecule has 3 aromatic rings. The van der Waals surface area contributed by atoms with Gasteiger partial charge in [0.2, 0.25) is 11.8 Å². The van der Waals surface area contributed by atoms with Crippen molar-refractivity contribution in [3.05, 3.63) is 61.0 Å². The lowest BCUT2D eigenvalue weighted by molar-refractivity contribution is 0.0523. The van der Waals surface area contributed by atoms with E-state index in [1.165, 1.54) is 6.42 Å². The number of hydrogen-bond donors (Lipinski definition) is 3. The number of aromatic nitrogens is 4. The second kappa shape index (κ2) is 11.8. The van der Waals surface area contributed by atoms with Crippen molar-refractivity contribution in [2.45, 2.75) is 38.7 Å². The van der Waals surface area contributed by atoms with Crippen molar-refractivity contribution in [2.24, 2.45) is 4.99 Å². The third kappa shape index (κ3) is 6.63. The van der Waals surface area contributed by atoms with E-state index in [-0.39, 0.29) is 6.10 Å². The summed E-state index contributed by atoms with van der Waals surface area (Å²) < 4.78 is 7.72. The molecule has 37 heavy (non-hydrogen) atoms. The largest absolute Gasteiger partial charge is 0.475 e. The van der Waals surface area contributed by atoms with Crippen LogP contribution in [-0.4, -0.2) is 57.9 Å². The highest BCUT2D eigenvalue weighted by Gasteiger charge is 2.19. The monoisotopic (exact) mass is 503 g/mol. The summed E-state index contributed by atoms with van der Waals surface area (Å²) in [6.07, 6.45) is 13.7. The molecule has 11 nitrogen and oxygen atoms in total. The van der Waals surface area contributed by atoms with Gasteiger partial charge in [-0.1, -0.05) is 13.0 Å². The molecule has 11 heteroatoms. The molecule has 0 atom stereocenters. The number of hydrogen-bond acceptors (Lipinski definition) is 10. The van der Waals surface area contributed by atoms with Crippen molar-refractivity contribution in [2.75, 3.05) is 41.8 Å². The minimum Gasteiger partial charge on any atom is -0.475 e. The van der Waals surface area contributed by atoms with Gasteiger partial charge in [-0.15, -0.1) is 0 Å². The van der Waals surface area contributed by atoms with Crippen molar-refractivity contribution >= 4 is 35.1 Å². The Balaban J connectivity index is 1.39. The fourth-order valence-electron chi connectivity index (χ4n) is 4.01. The summed E-state index contributed by atoms with van der Waals surface area (Å²) >= 11 is 0. The molecule has 0 amide bonds. The van der Waals surface area contributed by atoms with Crippen LogP contribution in [0.5, 0.6) is 0 Å². The summed E-state index contributed by atoms with van der Waals surface area (Å²) in [6.45, 7) is 8.72. The van der Waals surface area contributed by atoms with Crippen molar-refractivity contribution in [1.82, 2.24) is 24.8 Å². The average Bonchev–Trinajstić information content (AvgIpc) is 3.16. The lowest BCUT2D eigenvalue weighted by Gasteiger charge is -2.25. The Hall–Kier alpha value is -3.96. The number of imidazole rings is 1. The minimum atomic E-state index is 0.234. The van der Waals surface area contributed by atoms with Gasteiger partial charge in [0, 0.05) is 56.0 Å². The van der Waals surface area contributed by atoms with Crippen molar-refractivity contribution in [1.29, 1.82) is 0 Å². The van der Waals surface area contributed by atoms with E-state index >= 15 is 0 Å². The molecule has 0 unspecified atom stereocenters. The Kier molecular flexibility index (Phi) is 7.92. The van der Waals surface area contributed by atoms with Crippen molar-refractivity contribution in [3.8, 4) is 0 Å². The number of anilines is 4. The molecular weight excluding hydrogens is 470 g/mol. The number of ether oxygens (including phenoxy) is 1. The van der Waals surface area contributed by atoms with Gasteiger partial charge >= 0.3 is 0 Å². The topological polar surface area (TPSA) is 113 Å². The van der Waals surface area contributed by atoms with Crippen molar-refractivity contribution < 1.29 is 9.57 Å². The van der Waals surface area contributed by atoms with E-state index in [9.17, 15) is 0 Å². The van der Waals surface area contributed by atoms with Gasteiger partial charge in [0.15, 0.2) is 0 Å². The molecule has 0 bridgehead atoms. The van der Waals surface area contributed by atoms with Crippen LogP contribution in [0.25, 0.3) is 5.65 Å². The van der Waals surface area contributed by atoms with Crippen molar-refractivity contribution in [3.63, 3.8) is 0 Å². The molecule has 5 rings (SSSR count). The molecule has 1 saturated carbocycles. The summed E-state index contributed by atoms with van der Waals surface area (Å²) in [5.41, 5.74) is 5.45. The van der Waals surface area contributed by atoms with Gasteiger partial charge in [-0.05, 0) is 38.3 Å². The summed E-state index contributed by atoms with van der Waals surface area (Å²) in [4.78, 5) is 25.9. The fraction of sp³-hybridized carbons (Fsp3) is 0.385. The number of nitrogens with one attached hydrogen (secondary N) is 3. The van der Waals surface area contributed by atoms with Crippen LogP contribution < -0.4 is 21.0 Å². The zero-order valence-corrected chi connectivity index (χ0v) is 21.1. The predicted octanol–water partition coefficient (Wildman–Crippen LogP) is 4.03. The molecule has 3 aromatic heterocycles. The lowest BCUT2D eigenvalue weighted by atomic mass is 9.96. The second-order valence-corrected chi connectivity index (χ2v) is 8.91. The number of allylic oxidation sites excluding steroid dienone is 2. The zero-order valence-electron chi connectivity index (χ0n) is 21.1. The van der Waals surface area contributed by atoms with Crippen LogP contribution >= 0.6 is 0 Å². The highest BCUT2D eigenvalue weighted by molar-refractivity contribution is 5.83. The normalized spacial score (nSPS) is 17.0. The zero-order chi connectivity index (χ0) is 25.5. The molecule has 2 aliphatic rings. The minimum absolute atomic E-state index is 0.234. The van der Waals surface area contributed by atoms with Gasteiger partial charge in [0.05, 0.1) is 18.5 Å². The number of hydroxylamine groups is 1. The Morgan fingerprint density at radius 1 is 1.30 bits per heavy atom. The summed E-state index contributed by atoms with van der Waals surface area (Å²) in [6, 6.07) is 5.90. The summed E-state index contributed by atoms with van der Waals surface area (Å²) in [5.74, 6) is 2.32. The summed E-state index contributed by atoms with van der Waals surface area (Å²) in [7, 11) is 0. The van der Waals surface area contributed by atoms with Crippen LogP contribution in [0.2, 0.25) is 0 Å². The average molecular weight is 504 g/mol. The molecule has 2 fully saturated rings. The first-order valence-corrected chi connectivity index (χ1v) is 12.7. The Morgan fingerprint density at radius 2 is 2.22 bits per heavy atom. The molecule has 1 saturated heterocycles. The Morgan fingerprint density at radius 3 is 3.05 bits per heavy atom. The van der Waals surface area contributed by atoms with Gasteiger partial charge in [0.1, 0.15) is 23.4 Å². The molecule has 0 radical (unpaired) electrons. The highest BCUT2D eigenvalue weighted by atomic mass is 16.6. The van der Waals surface area contributed by atoms with Crippen LogP contribution in [0.15, 0.2) is 66.0 Å². The van der Waals surface area contributed by atoms with E-state index in [2.05, 4.69) is 44.5 Å². The number of pyridine rings is 1. The van der Waals surface area contributed by atoms with Crippen LogP contribution in [-0.2, 0) is 9.57 Å². The number of nitrogens with zero attached hydrogens (tertiary/aromatic N) is 6. The highest BCUT2D eigenvalue weighted by Crippen LogP contribution is 2.25. The standard InChI is InChI=1S/C26H33N9O2/c1-3-5-21(18-28-19(2)37-22-6-4-7-22)31-26-32-23(17-25(33-26)35-13-10-29-36-15-14-35)30-20-8-11-34-12-9-27-24(34)16-20/h5,8-9,11-12,16-18,22,29H,2-4,6-7,10,13-15H2,1H3,(H2,30,31,32,33)/b21-5+,28-18-. The van der Waals surface area contributed by atoms with E-state index in [0.717, 1.165) is 48.7 Å². The van der Waals surface area contributed by atoms with Crippen LogP contribution in [0.1, 0.15) is 32.6 Å². The molecule has 1 aliphatic heterocycles. The first kappa shape index (κ1) is 24.7. The molecule has 194 valence electrons. The van der Waals surface area contributed by atoms with Crippen LogP contribution in [0.3, 0.4) is 0 Å². The van der Waals surface area contributed by atoms with Gasteiger partial charge in [-0.3, -0.25) is 4.84 Å². The maximum absolute atomic E-state index is 5.77. The molecular formula is C26H33N9O2. The van der Waals surface area contributed by atoms with E-state index in [0.29, 0.717) is 37.3 Å². The molecule has 0 spiro atoms. The van der Waals surface area contributed by atoms with E-state index in [1.54, 1.807) is 12.4 Å². The smallest absolute Gasteiger partial charge is 0.231 e. The van der Waals surface area contributed by atoms with E-state index < -0.39 is 0 Å².